The highest BCUT2D eigenvalue weighted by Gasteiger charge is 2.15. The van der Waals surface area contributed by atoms with Gasteiger partial charge in [0.25, 0.3) is 0 Å². The van der Waals surface area contributed by atoms with Crippen molar-refractivity contribution in [2.24, 2.45) is 0 Å². The number of hydrogen-bond donors (Lipinski definition) is 1. The van der Waals surface area contributed by atoms with Crippen LogP contribution in [-0.2, 0) is 10.2 Å². The number of rotatable bonds is 4. The monoisotopic (exact) mass is 304 g/mol. The third-order valence-corrected chi connectivity index (χ3v) is 4.16. The Kier molecular flexibility index (Phi) is 4.42. The maximum atomic E-state index is 10.7. The summed E-state index contributed by atoms with van der Waals surface area (Å²) in [4.78, 5) is 15.0. The largest absolute Gasteiger partial charge is 0.481 e. The number of aryl methyl sites for hydroxylation is 1. The second kappa shape index (κ2) is 5.93. The second-order valence-electron chi connectivity index (χ2n) is 6.00. The number of aliphatic carboxylic acids is 1. The molecule has 4 nitrogen and oxygen atoms in total. The highest BCUT2D eigenvalue weighted by Crippen LogP contribution is 2.26. The van der Waals surface area contributed by atoms with E-state index in [2.05, 4.69) is 50.0 Å². The molecule has 0 fully saturated rings. The van der Waals surface area contributed by atoms with Gasteiger partial charge in [0.05, 0.1) is 5.75 Å². The van der Waals surface area contributed by atoms with Crippen molar-refractivity contribution < 1.29 is 9.90 Å². The van der Waals surface area contributed by atoms with E-state index < -0.39 is 5.97 Å². The van der Waals surface area contributed by atoms with Crippen LogP contribution in [0.4, 0.5) is 0 Å². The Labute approximate surface area is 129 Å². The first-order valence-electron chi connectivity index (χ1n) is 6.79. The summed E-state index contributed by atoms with van der Waals surface area (Å²) in [6.07, 6.45) is 1.77. The average molecular weight is 304 g/mol. The normalized spacial score (nSPS) is 11.6. The van der Waals surface area contributed by atoms with E-state index in [-0.39, 0.29) is 11.2 Å². The molecule has 0 aliphatic heterocycles. The molecule has 112 valence electrons. The van der Waals surface area contributed by atoms with E-state index >= 15 is 0 Å². The molecule has 5 heteroatoms. The Morgan fingerprint density at radius 1 is 1.29 bits per heavy atom. The molecule has 0 saturated heterocycles. The summed E-state index contributed by atoms with van der Waals surface area (Å²) in [6, 6.07) is 8.33. The lowest BCUT2D eigenvalue weighted by atomic mass is 9.87. The van der Waals surface area contributed by atoms with Crippen molar-refractivity contribution in [2.45, 2.75) is 38.3 Å². The van der Waals surface area contributed by atoms with Gasteiger partial charge in [-0.1, -0.05) is 44.7 Å². The van der Waals surface area contributed by atoms with Crippen LogP contribution in [0.15, 0.2) is 35.6 Å². The van der Waals surface area contributed by atoms with Crippen LogP contribution in [0, 0.1) is 6.92 Å². The Morgan fingerprint density at radius 3 is 2.43 bits per heavy atom. The Hall–Kier alpha value is -1.75. The third kappa shape index (κ3) is 3.67. The number of imidazole rings is 1. The minimum Gasteiger partial charge on any atom is -0.481 e. The minimum atomic E-state index is -0.838. The molecule has 1 aromatic carbocycles. The van der Waals surface area contributed by atoms with Gasteiger partial charge in [-0.2, -0.15) is 0 Å². The number of carbonyl (C=O) groups is 1. The zero-order valence-corrected chi connectivity index (χ0v) is 13.6. The SMILES string of the molecule is Cc1cnc(SCC(=O)O)n1-c1ccc(C(C)(C)C)cc1. The zero-order chi connectivity index (χ0) is 15.6. The number of carboxylic acid groups (broad SMARTS) is 1. The molecule has 0 amide bonds. The summed E-state index contributed by atoms with van der Waals surface area (Å²) in [7, 11) is 0. The van der Waals surface area contributed by atoms with Gasteiger partial charge < -0.3 is 5.11 Å². The van der Waals surface area contributed by atoms with Crippen LogP contribution in [0.25, 0.3) is 5.69 Å². The van der Waals surface area contributed by atoms with E-state index in [0.717, 1.165) is 11.4 Å². The predicted molar refractivity (Wildman–Crippen MR) is 85.4 cm³/mol. The molecule has 0 unspecified atom stereocenters. The summed E-state index contributed by atoms with van der Waals surface area (Å²) >= 11 is 1.23. The first-order chi connectivity index (χ1) is 9.79. The van der Waals surface area contributed by atoms with Gasteiger partial charge in [-0.3, -0.25) is 9.36 Å². The second-order valence-corrected chi connectivity index (χ2v) is 6.94. The molecular formula is C16H20N2O2S. The smallest absolute Gasteiger partial charge is 0.313 e. The maximum absolute atomic E-state index is 10.7. The minimum absolute atomic E-state index is 0.0104. The van der Waals surface area contributed by atoms with Crippen molar-refractivity contribution >= 4 is 17.7 Å². The lowest BCUT2D eigenvalue weighted by molar-refractivity contribution is -0.133. The fraction of sp³-hybridized carbons (Fsp3) is 0.375. The van der Waals surface area contributed by atoms with Crippen LogP contribution in [0.2, 0.25) is 0 Å². The van der Waals surface area contributed by atoms with Gasteiger partial charge in [0, 0.05) is 17.6 Å². The van der Waals surface area contributed by atoms with Gasteiger partial charge in [-0.15, -0.1) is 0 Å². The van der Waals surface area contributed by atoms with Crippen molar-refractivity contribution in [2.75, 3.05) is 5.75 Å². The topological polar surface area (TPSA) is 55.1 Å². The first-order valence-corrected chi connectivity index (χ1v) is 7.77. The quantitative estimate of drug-likeness (QED) is 0.876. The highest BCUT2D eigenvalue weighted by atomic mass is 32.2. The van der Waals surface area contributed by atoms with Gasteiger partial charge in [-0.05, 0) is 30.0 Å². The lowest BCUT2D eigenvalue weighted by Crippen LogP contribution is -2.11. The van der Waals surface area contributed by atoms with Crippen molar-refractivity contribution in [3.63, 3.8) is 0 Å². The van der Waals surface area contributed by atoms with Crippen LogP contribution in [0.3, 0.4) is 0 Å². The van der Waals surface area contributed by atoms with Gasteiger partial charge in [0.2, 0.25) is 0 Å². The Morgan fingerprint density at radius 2 is 1.90 bits per heavy atom. The van der Waals surface area contributed by atoms with Crippen molar-refractivity contribution in [3.8, 4) is 5.69 Å². The van der Waals surface area contributed by atoms with E-state index in [0.29, 0.717) is 5.16 Å². The van der Waals surface area contributed by atoms with E-state index in [1.807, 2.05) is 11.5 Å². The van der Waals surface area contributed by atoms with Crippen molar-refractivity contribution in [1.82, 2.24) is 9.55 Å². The summed E-state index contributed by atoms with van der Waals surface area (Å²) < 4.78 is 1.99. The number of benzene rings is 1. The van der Waals surface area contributed by atoms with Gasteiger partial charge in [-0.25, -0.2) is 4.98 Å². The fourth-order valence-corrected chi connectivity index (χ4v) is 2.83. The van der Waals surface area contributed by atoms with Gasteiger partial charge in [0.1, 0.15) is 0 Å². The Balaban J connectivity index is 2.33. The van der Waals surface area contributed by atoms with E-state index in [9.17, 15) is 4.79 Å². The number of thioether (sulfide) groups is 1. The van der Waals surface area contributed by atoms with E-state index in [1.165, 1.54) is 17.3 Å². The average Bonchev–Trinajstić information content (AvgIpc) is 2.76. The number of hydrogen-bond acceptors (Lipinski definition) is 3. The predicted octanol–water partition coefficient (Wildman–Crippen LogP) is 3.65. The van der Waals surface area contributed by atoms with Gasteiger partial charge in [0.15, 0.2) is 5.16 Å². The molecule has 0 aliphatic rings. The molecule has 0 atom stereocenters. The summed E-state index contributed by atoms with van der Waals surface area (Å²) in [5, 5.41) is 9.52. The molecule has 1 N–H and O–H groups in total. The number of nitrogens with zero attached hydrogens (tertiary/aromatic N) is 2. The van der Waals surface area contributed by atoms with Gasteiger partial charge >= 0.3 is 5.97 Å². The number of aromatic nitrogens is 2. The zero-order valence-electron chi connectivity index (χ0n) is 12.8. The molecule has 21 heavy (non-hydrogen) atoms. The molecule has 1 aromatic heterocycles. The van der Waals surface area contributed by atoms with Crippen LogP contribution in [0.1, 0.15) is 32.0 Å². The summed E-state index contributed by atoms with van der Waals surface area (Å²) in [5.74, 6) is -0.827. The van der Waals surface area contributed by atoms with E-state index in [1.54, 1.807) is 6.20 Å². The number of carboxylic acids is 1. The van der Waals surface area contributed by atoms with Crippen LogP contribution in [0.5, 0.6) is 0 Å². The fourth-order valence-electron chi connectivity index (χ4n) is 2.07. The van der Waals surface area contributed by atoms with Crippen LogP contribution in [-0.4, -0.2) is 26.4 Å². The maximum Gasteiger partial charge on any atom is 0.313 e. The lowest BCUT2D eigenvalue weighted by Gasteiger charge is -2.19. The summed E-state index contributed by atoms with van der Waals surface area (Å²) in [5.41, 5.74) is 3.38. The molecule has 0 saturated carbocycles. The molecule has 0 spiro atoms. The van der Waals surface area contributed by atoms with Crippen molar-refractivity contribution in [1.29, 1.82) is 0 Å². The standard InChI is InChI=1S/C16H20N2O2S/c1-11-9-17-15(21-10-14(19)20)18(11)13-7-5-12(6-8-13)16(2,3)4/h5-9H,10H2,1-4H3,(H,19,20). The Bertz CT molecular complexity index is 639. The van der Waals surface area contributed by atoms with Crippen molar-refractivity contribution in [3.05, 3.63) is 41.7 Å². The summed E-state index contributed by atoms with van der Waals surface area (Å²) in [6.45, 7) is 8.51. The third-order valence-electron chi connectivity index (χ3n) is 3.22. The first kappa shape index (κ1) is 15.6. The molecule has 0 aliphatic carbocycles. The van der Waals surface area contributed by atoms with E-state index in [4.69, 9.17) is 5.11 Å². The molecule has 0 radical (unpaired) electrons. The highest BCUT2D eigenvalue weighted by molar-refractivity contribution is 7.99. The molecule has 2 aromatic rings. The molecule has 1 heterocycles. The molecular weight excluding hydrogens is 284 g/mol. The molecule has 2 rings (SSSR count). The van der Waals surface area contributed by atoms with Crippen LogP contribution < -0.4 is 0 Å². The molecule has 0 bridgehead atoms. The van der Waals surface area contributed by atoms with Crippen LogP contribution >= 0.6 is 11.8 Å².